The van der Waals surface area contributed by atoms with E-state index in [0.29, 0.717) is 25.2 Å². The van der Waals surface area contributed by atoms with E-state index in [1.165, 1.54) is 7.11 Å². The van der Waals surface area contributed by atoms with Crippen molar-refractivity contribution in [3.8, 4) is 0 Å². The van der Waals surface area contributed by atoms with Gasteiger partial charge in [0.2, 0.25) is 5.91 Å². The van der Waals surface area contributed by atoms with E-state index in [-0.39, 0.29) is 24.3 Å². The van der Waals surface area contributed by atoms with E-state index in [1.807, 2.05) is 42.2 Å². The number of H-pyrrole nitrogens is 1. The first-order valence-corrected chi connectivity index (χ1v) is 9.32. The van der Waals surface area contributed by atoms with Crippen LogP contribution in [-0.2, 0) is 9.53 Å². The molecule has 0 radical (unpaired) electrons. The van der Waals surface area contributed by atoms with E-state index in [0.717, 1.165) is 24.2 Å². The smallest absolute Gasteiger partial charge is 0.261 e. The molecule has 0 unspecified atom stereocenters. The van der Waals surface area contributed by atoms with Crippen LogP contribution >= 0.6 is 0 Å². The zero-order valence-corrected chi connectivity index (χ0v) is 15.9. The van der Waals surface area contributed by atoms with Crippen LogP contribution in [0.2, 0.25) is 0 Å². The van der Waals surface area contributed by atoms with Crippen molar-refractivity contribution in [1.82, 2.24) is 15.1 Å². The number of carbonyl (C=O) groups is 2. The Kier molecular flexibility index (Phi) is 6.24. The van der Waals surface area contributed by atoms with Gasteiger partial charge in [-0.05, 0) is 31.9 Å². The van der Waals surface area contributed by atoms with Crippen LogP contribution in [0.5, 0.6) is 0 Å². The minimum Gasteiger partial charge on any atom is -0.375 e. The Bertz CT molecular complexity index is 767. The van der Waals surface area contributed by atoms with Gasteiger partial charge in [0.25, 0.3) is 5.91 Å². The predicted molar refractivity (Wildman–Crippen MR) is 103 cm³/mol. The van der Waals surface area contributed by atoms with Crippen LogP contribution in [0.4, 0.5) is 5.69 Å². The van der Waals surface area contributed by atoms with Gasteiger partial charge < -0.3 is 14.5 Å². The van der Waals surface area contributed by atoms with Crippen molar-refractivity contribution in [3.05, 3.63) is 47.8 Å². The van der Waals surface area contributed by atoms with Gasteiger partial charge in [-0.25, -0.2) is 0 Å². The molecule has 0 bridgehead atoms. The number of aromatic amines is 1. The lowest BCUT2D eigenvalue weighted by Crippen LogP contribution is -2.40. The molecule has 2 aromatic rings. The van der Waals surface area contributed by atoms with E-state index < -0.39 is 0 Å². The maximum absolute atomic E-state index is 13.1. The van der Waals surface area contributed by atoms with E-state index in [4.69, 9.17) is 4.74 Å². The lowest BCUT2D eigenvalue weighted by Gasteiger charge is -2.32. The summed E-state index contributed by atoms with van der Waals surface area (Å²) in [7, 11) is 1.53. The van der Waals surface area contributed by atoms with Gasteiger partial charge in [0.1, 0.15) is 6.61 Å². The number of para-hydroxylation sites is 1. The third-order valence-electron chi connectivity index (χ3n) is 5.05. The lowest BCUT2D eigenvalue weighted by molar-refractivity contribution is -0.136. The van der Waals surface area contributed by atoms with Crippen molar-refractivity contribution < 1.29 is 14.3 Å². The number of nitrogens with one attached hydrogen (secondary N) is 1. The summed E-state index contributed by atoms with van der Waals surface area (Å²) >= 11 is 0. The Morgan fingerprint density at radius 1 is 1.26 bits per heavy atom. The molecule has 7 nitrogen and oxygen atoms in total. The fourth-order valence-electron chi connectivity index (χ4n) is 3.61. The first-order chi connectivity index (χ1) is 13.2. The quantitative estimate of drug-likeness (QED) is 0.847. The highest BCUT2D eigenvalue weighted by molar-refractivity contribution is 6.06. The van der Waals surface area contributed by atoms with Gasteiger partial charge in [0.15, 0.2) is 0 Å². The predicted octanol–water partition coefficient (Wildman–Crippen LogP) is 2.43. The fraction of sp³-hybridized carbons (Fsp3) is 0.450. The number of carbonyl (C=O) groups excluding carboxylic acids is 2. The number of benzene rings is 1. The third-order valence-corrected chi connectivity index (χ3v) is 5.05. The number of ether oxygens (including phenoxy) is 1. The number of piperidine rings is 1. The summed E-state index contributed by atoms with van der Waals surface area (Å²) in [6.07, 6.45) is 3.22. The summed E-state index contributed by atoms with van der Waals surface area (Å²) in [5.74, 6) is 0.149. The molecule has 1 aliphatic rings. The number of nitrogens with zero attached hydrogens (tertiary/aromatic N) is 3. The lowest BCUT2D eigenvalue weighted by atomic mass is 9.91. The van der Waals surface area contributed by atoms with Gasteiger partial charge in [-0.3, -0.25) is 14.7 Å². The topological polar surface area (TPSA) is 78.5 Å². The molecular weight excluding hydrogens is 344 g/mol. The first-order valence-electron chi connectivity index (χ1n) is 9.32. The second kappa shape index (κ2) is 8.81. The van der Waals surface area contributed by atoms with Crippen LogP contribution < -0.4 is 4.90 Å². The summed E-state index contributed by atoms with van der Waals surface area (Å²) in [5, 5.41) is 7.17. The largest absolute Gasteiger partial charge is 0.375 e. The van der Waals surface area contributed by atoms with Gasteiger partial charge in [0, 0.05) is 38.3 Å². The van der Waals surface area contributed by atoms with Gasteiger partial charge in [-0.1, -0.05) is 18.2 Å². The molecule has 1 aromatic heterocycles. The fourth-order valence-corrected chi connectivity index (χ4v) is 3.61. The molecule has 27 heavy (non-hydrogen) atoms. The average Bonchev–Trinajstić information content (AvgIpc) is 3.19. The average molecular weight is 370 g/mol. The molecule has 2 amide bonds. The highest BCUT2D eigenvalue weighted by Crippen LogP contribution is 2.30. The minimum absolute atomic E-state index is 0.0121. The summed E-state index contributed by atoms with van der Waals surface area (Å²) in [5.41, 5.74) is 2.35. The van der Waals surface area contributed by atoms with Crippen molar-refractivity contribution in [2.75, 3.05) is 38.3 Å². The van der Waals surface area contributed by atoms with Crippen LogP contribution in [-0.4, -0.2) is 60.3 Å². The number of likely N-dealkylation sites (tertiary alicyclic amines) is 1. The van der Waals surface area contributed by atoms with Crippen molar-refractivity contribution in [2.24, 2.45) is 0 Å². The van der Waals surface area contributed by atoms with Crippen molar-refractivity contribution >= 4 is 17.5 Å². The van der Waals surface area contributed by atoms with Gasteiger partial charge in [-0.2, -0.15) is 5.10 Å². The highest BCUT2D eigenvalue weighted by atomic mass is 16.5. The number of hydrogen-bond acceptors (Lipinski definition) is 4. The molecule has 0 atom stereocenters. The van der Waals surface area contributed by atoms with Crippen LogP contribution in [0.3, 0.4) is 0 Å². The molecule has 0 spiro atoms. The normalized spacial score (nSPS) is 15.0. The second-order valence-corrected chi connectivity index (χ2v) is 6.67. The van der Waals surface area contributed by atoms with Crippen LogP contribution in [0.1, 0.15) is 41.7 Å². The molecule has 3 rings (SSSR count). The molecule has 1 aromatic carbocycles. The molecule has 1 fully saturated rings. The van der Waals surface area contributed by atoms with E-state index >= 15 is 0 Å². The summed E-state index contributed by atoms with van der Waals surface area (Å²) < 4.78 is 4.93. The molecule has 144 valence electrons. The number of rotatable bonds is 6. The standard InChI is InChI=1S/C20H26N4O3/c1-3-24(16-7-5-4-6-8-16)20(26)17-13-21-22-19(17)15-9-11-23(12-10-15)18(25)14-27-2/h4-8,13,15H,3,9-12,14H2,1-2H3,(H,21,22). The number of amides is 2. The number of aromatic nitrogens is 2. The van der Waals surface area contributed by atoms with Gasteiger partial charge in [-0.15, -0.1) is 0 Å². The van der Waals surface area contributed by atoms with Crippen molar-refractivity contribution in [2.45, 2.75) is 25.7 Å². The Morgan fingerprint density at radius 3 is 2.59 bits per heavy atom. The Labute approximate surface area is 159 Å². The Balaban J connectivity index is 1.73. The van der Waals surface area contributed by atoms with Gasteiger partial charge in [0.05, 0.1) is 17.5 Å². The third kappa shape index (κ3) is 4.19. The van der Waals surface area contributed by atoms with Crippen LogP contribution in [0.15, 0.2) is 36.5 Å². The van der Waals surface area contributed by atoms with E-state index in [1.54, 1.807) is 11.1 Å². The summed E-state index contributed by atoms with van der Waals surface area (Å²) in [6.45, 7) is 3.98. The number of anilines is 1. The van der Waals surface area contributed by atoms with Crippen LogP contribution in [0.25, 0.3) is 0 Å². The van der Waals surface area contributed by atoms with Crippen LogP contribution in [0, 0.1) is 0 Å². The molecule has 0 aliphatic carbocycles. The summed E-state index contributed by atoms with van der Waals surface area (Å²) in [6, 6.07) is 9.65. The minimum atomic E-state index is -0.0506. The van der Waals surface area contributed by atoms with E-state index in [2.05, 4.69) is 10.2 Å². The molecule has 0 saturated carbocycles. The SMILES string of the molecule is CCN(C(=O)c1cn[nH]c1C1CCN(C(=O)COC)CC1)c1ccccc1. The molecule has 1 N–H and O–H groups in total. The summed E-state index contributed by atoms with van der Waals surface area (Å²) in [4.78, 5) is 28.7. The number of methoxy groups -OCH3 is 1. The maximum Gasteiger partial charge on any atom is 0.261 e. The molecule has 7 heteroatoms. The van der Waals surface area contributed by atoms with Crippen molar-refractivity contribution in [1.29, 1.82) is 0 Å². The first kappa shape index (κ1) is 19.1. The zero-order valence-electron chi connectivity index (χ0n) is 15.9. The molecule has 1 aliphatic heterocycles. The molecule has 1 saturated heterocycles. The molecular formula is C20H26N4O3. The highest BCUT2D eigenvalue weighted by Gasteiger charge is 2.29. The Morgan fingerprint density at radius 2 is 1.96 bits per heavy atom. The Hall–Kier alpha value is -2.67. The van der Waals surface area contributed by atoms with Crippen molar-refractivity contribution in [3.63, 3.8) is 0 Å². The zero-order chi connectivity index (χ0) is 19.2. The van der Waals surface area contributed by atoms with Gasteiger partial charge >= 0.3 is 0 Å². The van der Waals surface area contributed by atoms with E-state index in [9.17, 15) is 9.59 Å². The molecule has 2 heterocycles. The monoisotopic (exact) mass is 370 g/mol. The maximum atomic E-state index is 13.1. The second-order valence-electron chi connectivity index (χ2n) is 6.67. The number of hydrogen-bond donors (Lipinski definition) is 1.